The Labute approximate surface area is 61.3 Å². The van der Waals surface area contributed by atoms with Gasteiger partial charge in [0, 0.05) is 0 Å². The van der Waals surface area contributed by atoms with E-state index in [9.17, 15) is 8.42 Å². The van der Waals surface area contributed by atoms with E-state index < -0.39 is 9.84 Å². The molecular formula is C6H12O3S. The van der Waals surface area contributed by atoms with Gasteiger partial charge in [0.2, 0.25) is 0 Å². The average molecular weight is 164 g/mol. The second-order valence-electron chi connectivity index (χ2n) is 2.57. The van der Waals surface area contributed by atoms with Crippen LogP contribution in [0.2, 0.25) is 0 Å². The van der Waals surface area contributed by atoms with Gasteiger partial charge in [-0.1, -0.05) is 6.92 Å². The predicted octanol–water partition coefficient (Wildman–Crippen LogP) is 0.210. The maximum atomic E-state index is 11.0. The minimum Gasteiger partial charge on any atom is -0.372 e. The highest BCUT2D eigenvalue weighted by Crippen LogP contribution is 2.12. The summed E-state index contributed by atoms with van der Waals surface area (Å²) in [6.07, 6.45) is 0.714. The molecule has 0 radical (unpaired) electrons. The summed E-state index contributed by atoms with van der Waals surface area (Å²) in [4.78, 5) is 0. The molecule has 0 amide bonds. The number of sulfone groups is 1. The third-order valence-electron chi connectivity index (χ3n) is 1.36. The highest BCUT2D eigenvalue weighted by Gasteiger charge is 2.28. The summed E-state index contributed by atoms with van der Waals surface area (Å²) in [6, 6.07) is 0. The zero-order chi connectivity index (χ0) is 7.61. The van der Waals surface area contributed by atoms with E-state index in [1.54, 1.807) is 0 Å². The van der Waals surface area contributed by atoms with Crippen LogP contribution in [0.4, 0.5) is 0 Å². The highest BCUT2D eigenvalue weighted by atomic mass is 32.2. The molecule has 1 fully saturated rings. The highest BCUT2D eigenvalue weighted by molar-refractivity contribution is 7.91. The van der Waals surface area contributed by atoms with E-state index in [-0.39, 0.29) is 11.9 Å². The molecule has 0 aliphatic carbocycles. The molecule has 1 rings (SSSR count). The van der Waals surface area contributed by atoms with Crippen molar-refractivity contribution in [2.24, 2.45) is 0 Å². The van der Waals surface area contributed by atoms with Gasteiger partial charge in [-0.15, -0.1) is 0 Å². The molecule has 1 unspecified atom stereocenters. The molecule has 0 aromatic carbocycles. The van der Waals surface area contributed by atoms with Crippen LogP contribution >= 0.6 is 0 Å². The van der Waals surface area contributed by atoms with Crippen LogP contribution in [0.5, 0.6) is 0 Å². The topological polar surface area (TPSA) is 46.7 Å². The van der Waals surface area contributed by atoms with Gasteiger partial charge in [-0.25, -0.2) is 8.42 Å². The van der Waals surface area contributed by atoms with Gasteiger partial charge in [0.25, 0.3) is 0 Å². The Morgan fingerprint density at radius 3 is 2.60 bits per heavy atom. The Hall–Kier alpha value is -0.0900. The summed E-state index contributed by atoms with van der Waals surface area (Å²) < 4.78 is 26.8. The van der Waals surface area contributed by atoms with Crippen LogP contribution < -0.4 is 0 Å². The van der Waals surface area contributed by atoms with Gasteiger partial charge >= 0.3 is 0 Å². The normalized spacial score (nSPS) is 24.7. The smallest absolute Gasteiger partial charge is 0.152 e. The van der Waals surface area contributed by atoms with Gasteiger partial charge < -0.3 is 4.74 Å². The molecule has 1 aliphatic rings. The first kappa shape index (κ1) is 8.01. The van der Waals surface area contributed by atoms with Gasteiger partial charge in [0.15, 0.2) is 9.84 Å². The first-order chi connectivity index (χ1) is 4.64. The molecule has 60 valence electrons. The summed E-state index contributed by atoms with van der Waals surface area (Å²) in [5.41, 5.74) is 0. The zero-order valence-electron chi connectivity index (χ0n) is 6.04. The van der Waals surface area contributed by atoms with Gasteiger partial charge in [-0.3, -0.25) is 0 Å². The Morgan fingerprint density at radius 1 is 1.60 bits per heavy atom. The maximum absolute atomic E-state index is 11.0. The fourth-order valence-electron chi connectivity index (χ4n) is 0.842. The average Bonchev–Trinajstić information content (AvgIpc) is 2.48. The van der Waals surface area contributed by atoms with E-state index in [1.807, 2.05) is 6.92 Å². The molecule has 0 aromatic rings. The van der Waals surface area contributed by atoms with Gasteiger partial charge in [0.05, 0.1) is 24.2 Å². The quantitative estimate of drug-likeness (QED) is 0.558. The zero-order valence-corrected chi connectivity index (χ0v) is 6.86. The molecule has 0 spiro atoms. The van der Waals surface area contributed by atoms with Crippen molar-refractivity contribution in [3.05, 3.63) is 0 Å². The Balaban J connectivity index is 2.34. The minimum atomic E-state index is -2.79. The molecule has 1 heterocycles. The molecule has 4 heteroatoms. The van der Waals surface area contributed by atoms with Gasteiger partial charge in [-0.2, -0.15) is 0 Å². The molecule has 3 nitrogen and oxygen atoms in total. The molecule has 0 bridgehead atoms. The van der Waals surface area contributed by atoms with E-state index in [4.69, 9.17) is 4.74 Å². The standard InChI is InChI=1S/C6H12O3S/c1-2-3-10(7,8)5-6-4-9-6/h6H,2-5H2,1H3. The Bertz CT molecular complexity index is 191. The minimum absolute atomic E-state index is 0.0107. The lowest BCUT2D eigenvalue weighted by molar-refractivity contribution is 0.422. The van der Waals surface area contributed by atoms with Gasteiger partial charge in [-0.05, 0) is 6.42 Å². The number of epoxide rings is 1. The van der Waals surface area contributed by atoms with E-state index in [0.717, 1.165) is 0 Å². The number of rotatable bonds is 4. The maximum Gasteiger partial charge on any atom is 0.152 e. The van der Waals surface area contributed by atoms with Gasteiger partial charge in [0.1, 0.15) is 0 Å². The summed E-state index contributed by atoms with van der Waals surface area (Å²) in [5, 5.41) is 0. The van der Waals surface area contributed by atoms with E-state index in [2.05, 4.69) is 0 Å². The second-order valence-corrected chi connectivity index (χ2v) is 4.80. The van der Waals surface area contributed by atoms with Crippen molar-refractivity contribution in [2.75, 3.05) is 18.1 Å². The van der Waals surface area contributed by atoms with E-state index >= 15 is 0 Å². The third-order valence-corrected chi connectivity index (χ3v) is 3.27. The van der Waals surface area contributed by atoms with Crippen LogP contribution in [0.15, 0.2) is 0 Å². The van der Waals surface area contributed by atoms with Crippen LogP contribution in [-0.2, 0) is 14.6 Å². The molecule has 0 saturated carbocycles. The van der Waals surface area contributed by atoms with Crippen molar-refractivity contribution in [2.45, 2.75) is 19.4 Å². The molecule has 10 heavy (non-hydrogen) atoms. The van der Waals surface area contributed by atoms with Crippen LogP contribution in [0, 0.1) is 0 Å². The van der Waals surface area contributed by atoms with Crippen molar-refractivity contribution < 1.29 is 13.2 Å². The van der Waals surface area contributed by atoms with Crippen LogP contribution in [-0.4, -0.2) is 32.6 Å². The SMILES string of the molecule is CCCS(=O)(=O)CC1CO1. The number of hydrogen-bond acceptors (Lipinski definition) is 3. The molecule has 0 N–H and O–H groups in total. The number of hydrogen-bond donors (Lipinski definition) is 0. The van der Waals surface area contributed by atoms with Crippen LogP contribution in [0.25, 0.3) is 0 Å². The molecule has 1 atom stereocenters. The predicted molar refractivity (Wildman–Crippen MR) is 38.7 cm³/mol. The van der Waals surface area contributed by atoms with Crippen molar-refractivity contribution in [1.82, 2.24) is 0 Å². The lowest BCUT2D eigenvalue weighted by atomic mass is 10.6. The summed E-state index contributed by atoms with van der Waals surface area (Å²) in [6.45, 7) is 2.49. The van der Waals surface area contributed by atoms with E-state index in [1.165, 1.54) is 0 Å². The second kappa shape index (κ2) is 2.88. The van der Waals surface area contributed by atoms with Crippen LogP contribution in [0.3, 0.4) is 0 Å². The van der Waals surface area contributed by atoms with Crippen molar-refractivity contribution >= 4 is 9.84 Å². The fourth-order valence-corrected chi connectivity index (χ4v) is 2.39. The number of ether oxygens (including phenoxy) is 1. The third kappa shape index (κ3) is 2.66. The summed E-state index contributed by atoms with van der Waals surface area (Å²) in [7, 11) is -2.79. The molecule has 0 aromatic heterocycles. The molecule has 1 aliphatic heterocycles. The molecular weight excluding hydrogens is 152 g/mol. The Morgan fingerprint density at radius 2 is 2.20 bits per heavy atom. The largest absolute Gasteiger partial charge is 0.372 e. The lowest BCUT2D eigenvalue weighted by Crippen LogP contribution is -2.14. The molecule has 1 saturated heterocycles. The summed E-state index contributed by atoms with van der Waals surface area (Å²) >= 11 is 0. The monoisotopic (exact) mass is 164 g/mol. The first-order valence-electron chi connectivity index (χ1n) is 3.46. The van der Waals surface area contributed by atoms with E-state index in [0.29, 0.717) is 18.8 Å². The van der Waals surface area contributed by atoms with Crippen molar-refractivity contribution in [1.29, 1.82) is 0 Å². The van der Waals surface area contributed by atoms with Crippen molar-refractivity contribution in [3.8, 4) is 0 Å². The lowest BCUT2D eigenvalue weighted by Gasteiger charge is -1.96. The van der Waals surface area contributed by atoms with Crippen LogP contribution in [0.1, 0.15) is 13.3 Å². The Kier molecular flexibility index (Phi) is 2.31. The summed E-state index contributed by atoms with van der Waals surface area (Å²) in [5.74, 6) is 0.522. The fraction of sp³-hybridized carbons (Fsp3) is 1.00. The first-order valence-corrected chi connectivity index (χ1v) is 5.28. The van der Waals surface area contributed by atoms with Crippen molar-refractivity contribution in [3.63, 3.8) is 0 Å².